The topological polar surface area (TPSA) is 41.5 Å². The maximum absolute atomic E-state index is 12.1. The summed E-state index contributed by atoms with van der Waals surface area (Å²) in [5.41, 5.74) is 2.35. The summed E-state index contributed by atoms with van der Waals surface area (Å²) in [6.45, 7) is 0.643. The molecule has 1 atom stereocenters. The Hall–Kier alpha value is -2.07. The molecule has 0 bridgehead atoms. The van der Waals surface area contributed by atoms with E-state index in [1.165, 1.54) is 5.56 Å². The van der Waals surface area contributed by atoms with Crippen molar-refractivity contribution in [2.24, 2.45) is 4.36 Å². The van der Waals surface area contributed by atoms with Gasteiger partial charge in [0.15, 0.2) is 0 Å². The molecule has 1 N–H and O–H groups in total. The quantitative estimate of drug-likeness (QED) is 0.761. The zero-order valence-electron chi connectivity index (χ0n) is 12.4. The van der Waals surface area contributed by atoms with Crippen LogP contribution in [0.3, 0.4) is 0 Å². The molecule has 0 aliphatic heterocycles. The van der Waals surface area contributed by atoms with Gasteiger partial charge in [-0.3, -0.25) is 4.79 Å². The predicted molar refractivity (Wildman–Crippen MR) is 91.5 cm³/mol. The van der Waals surface area contributed by atoms with E-state index in [1.54, 1.807) is 0 Å². The Kier molecular flexibility index (Phi) is 6.71. The zero-order chi connectivity index (χ0) is 15.6. The van der Waals surface area contributed by atoms with Gasteiger partial charge in [0.2, 0.25) is 5.91 Å². The normalized spacial score (nSPS) is 11.6. The minimum absolute atomic E-state index is 0.0908. The molecule has 2 rings (SSSR count). The van der Waals surface area contributed by atoms with Gasteiger partial charge in [0.1, 0.15) is 6.04 Å². The molecule has 0 aromatic heterocycles. The van der Waals surface area contributed by atoms with Crippen LogP contribution in [0.4, 0.5) is 0 Å². The van der Waals surface area contributed by atoms with Crippen molar-refractivity contribution in [3.8, 4) is 0 Å². The zero-order valence-corrected chi connectivity index (χ0v) is 13.3. The fourth-order valence-corrected chi connectivity index (χ4v) is 2.45. The van der Waals surface area contributed by atoms with Crippen LogP contribution in [0.1, 0.15) is 17.5 Å². The van der Waals surface area contributed by atoms with Crippen molar-refractivity contribution in [3.05, 3.63) is 71.8 Å². The molecule has 22 heavy (non-hydrogen) atoms. The second-order valence-corrected chi connectivity index (χ2v) is 5.40. The molecule has 0 radical (unpaired) electrons. The van der Waals surface area contributed by atoms with Crippen LogP contribution in [0.25, 0.3) is 0 Å². The minimum Gasteiger partial charge on any atom is -0.354 e. The molecule has 3 nitrogen and oxygen atoms in total. The van der Waals surface area contributed by atoms with Gasteiger partial charge in [-0.1, -0.05) is 60.7 Å². The molecular weight excluding hydrogens is 292 g/mol. The molecule has 0 saturated carbocycles. The van der Waals surface area contributed by atoms with Crippen molar-refractivity contribution in [2.45, 2.75) is 25.3 Å². The van der Waals surface area contributed by atoms with E-state index in [0.29, 0.717) is 13.0 Å². The summed E-state index contributed by atoms with van der Waals surface area (Å²) in [6.07, 6.45) is 2.41. The molecule has 1 amide bonds. The van der Waals surface area contributed by atoms with Gasteiger partial charge in [0.05, 0.1) is 0 Å². The number of nitrogens with one attached hydrogen (secondary N) is 1. The Morgan fingerprint density at radius 3 is 2.18 bits per heavy atom. The fourth-order valence-electron chi connectivity index (χ4n) is 2.28. The maximum atomic E-state index is 12.1. The lowest BCUT2D eigenvalue weighted by Crippen LogP contribution is -2.35. The van der Waals surface area contributed by atoms with Crippen LogP contribution in [0.15, 0.2) is 65.0 Å². The highest BCUT2D eigenvalue weighted by Crippen LogP contribution is 2.06. The number of hydrogen-bond donors (Lipinski definition) is 1. The maximum Gasteiger partial charge on any atom is 0.246 e. The van der Waals surface area contributed by atoms with Crippen molar-refractivity contribution >= 4 is 18.3 Å². The van der Waals surface area contributed by atoms with Crippen LogP contribution in [0, 0.1) is 0 Å². The summed E-state index contributed by atoms with van der Waals surface area (Å²) in [6, 6.07) is 19.6. The Morgan fingerprint density at radius 1 is 1.00 bits per heavy atom. The molecule has 114 valence electrons. The van der Waals surface area contributed by atoms with Crippen LogP contribution in [0.5, 0.6) is 0 Å². The van der Waals surface area contributed by atoms with Crippen molar-refractivity contribution in [1.82, 2.24) is 5.32 Å². The number of hydrogen-bond acceptors (Lipinski definition) is 3. The number of amides is 1. The van der Waals surface area contributed by atoms with Crippen LogP contribution in [0.2, 0.25) is 0 Å². The number of carbonyl (C=O) groups is 1. The largest absolute Gasteiger partial charge is 0.354 e. The summed E-state index contributed by atoms with van der Waals surface area (Å²) in [7, 11) is 0. The van der Waals surface area contributed by atoms with Crippen LogP contribution in [-0.2, 0) is 30.1 Å². The first-order valence-corrected chi connectivity index (χ1v) is 7.84. The fraction of sp³-hybridized carbons (Fsp3) is 0.278. The van der Waals surface area contributed by atoms with E-state index in [9.17, 15) is 4.79 Å². The van der Waals surface area contributed by atoms with E-state index >= 15 is 0 Å². The average Bonchev–Trinajstić information content (AvgIpc) is 2.58. The number of aryl methyl sites for hydroxylation is 1. The number of rotatable bonds is 8. The molecule has 0 heterocycles. The number of carbonyl (C=O) groups excluding carboxylic acids is 1. The van der Waals surface area contributed by atoms with Crippen molar-refractivity contribution in [1.29, 1.82) is 0 Å². The van der Waals surface area contributed by atoms with Gasteiger partial charge in [-0.15, -0.1) is 0 Å². The first-order valence-electron chi connectivity index (χ1n) is 7.47. The lowest BCUT2D eigenvalue weighted by molar-refractivity contribution is -0.122. The molecule has 4 heteroatoms. The SMILES string of the molecule is O=C(NCCCc1ccccc1)[C@H](Cc1ccccc1)N=S. The lowest BCUT2D eigenvalue weighted by atomic mass is 10.1. The molecule has 0 aliphatic carbocycles. The van der Waals surface area contributed by atoms with Gasteiger partial charge in [0, 0.05) is 25.4 Å². The smallest absolute Gasteiger partial charge is 0.246 e. The highest BCUT2D eigenvalue weighted by Gasteiger charge is 2.17. The highest BCUT2D eigenvalue weighted by molar-refractivity contribution is 7.47. The molecule has 0 fully saturated rings. The third kappa shape index (κ3) is 5.37. The van der Waals surface area contributed by atoms with Gasteiger partial charge in [-0.2, -0.15) is 0 Å². The monoisotopic (exact) mass is 312 g/mol. The molecule has 0 aliphatic rings. The van der Waals surface area contributed by atoms with Gasteiger partial charge >= 0.3 is 0 Å². The summed E-state index contributed by atoms with van der Waals surface area (Å²) in [4.78, 5) is 12.1. The van der Waals surface area contributed by atoms with E-state index in [1.807, 2.05) is 48.5 Å². The minimum atomic E-state index is -0.492. The van der Waals surface area contributed by atoms with Crippen molar-refractivity contribution in [3.63, 3.8) is 0 Å². The summed E-state index contributed by atoms with van der Waals surface area (Å²) in [5.74, 6) is -0.0908. The van der Waals surface area contributed by atoms with Gasteiger partial charge < -0.3 is 5.32 Å². The first-order chi connectivity index (χ1) is 10.8. The van der Waals surface area contributed by atoms with Crippen LogP contribution < -0.4 is 5.32 Å². The Morgan fingerprint density at radius 2 is 1.59 bits per heavy atom. The Balaban J connectivity index is 1.74. The molecular formula is C18H20N2OS. The molecule has 2 aromatic rings. The van der Waals surface area contributed by atoms with E-state index in [4.69, 9.17) is 12.4 Å². The van der Waals surface area contributed by atoms with Crippen molar-refractivity contribution in [2.75, 3.05) is 6.54 Å². The summed E-state index contributed by atoms with van der Waals surface area (Å²) in [5, 5.41) is 2.92. The van der Waals surface area contributed by atoms with E-state index in [0.717, 1.165) is 18.4 Å². The standard InChI is InChI=1S/C18H20N2OS/c21-18(17(20-22)14-16-10-5-2-6-11-16)19-13-7-12-15-8-3-1-4-9-15/h1-6,8-11,17H,7,12-14H2,(H,19,21)/t17-/m0/s1. The summed E-state index contributed by atoms with van der Waals surface area (Å²) >= 11 is 4.77. The van der Waals surface area contributed by atoms with Gasteiger partial charge in [0.25, 0.3) is 0 Å². The number of benzene rings is 2. The highest BCUT2D eigenvalue weighted by atomic mass is 32.1. The van der Waals surface area contributed by atoms with Crippen LogP contribution in [-0.4, -0.2) is 18.5 Å². The second kappa shape index (κ2) is 9.05. The molecule has 0 unspecified atom stereocenters. The Labute approximate surface area is 136 Å². The molecule has 2 aromatic carbocycles. The van der Waals surface area contributed by atoms with E-state index in [2.05, 4.69) is 21.8 Å². The molecule has 0 saturated heterocycles. The lowest BCUT2D eigenvalue weighted by Gasteiger charge is -2.11. The van der Waals surface area contributed by atoms with E-state index in [-0.39, 0.29) is 5.91 Å². The third-order valence-corrected chi connectivity index (χ3v) is 3.74. The van der Waals surface area contributed by atoms with Gasteiger partial charge in [-0.05, 0) is 24.0 Å². The predicted octanol–water partition coefficient (Wildman–Crippen LogP) is 3.08. The second-order valence-electron chi connectivity index (χ2n) is 5.19. The Bertz CT molecular complexity index is 587. The van der Waals surface area contributed by atoms with E-state index < -0.39 is 6.04 Å². The average molecular weight is 312 g/mol. The van der Waals surface area contributed by atoms with Gasteiger partial charge in [-0.25, -0.2) is 4.36 Å². The van der Waals surface area contributed by atoms with Crippen molar-refractivity contribution < 1.29 is 4.79 Å². The summed E-state index contributed by atoms with van der Waals surface area (Å²) < 4.78 is 3.79. The first kappa shape index (κ1) is 16.3. The number of nitrogens with zero attached hydrogens (tertiary/aromatic N) is 1. The third-order valence-electron chi connectivity index (χ3n) is 3.49. The van der Waals surface area contributed by atoms with Crippen LogP contribution >= 0.6 is 0 Å². The molecule has 0 spiro atoms.